The van der Waals surface area contributed by atoms with Gasteiger partial charge in [-0.25, -0.2) is 4.79 Å². The average molecular weight is 318 g/mol. The molecule has 1 aliphatic heterocycles. The number of carbonyl (C=O) groups is 1. The number of hydrogen-bond acceptors (Lipinski definition) is 6. The maximum Gasteiger partial charge on any atom is 0.360 e. The minimum Gasteiger partial charge on any atom is -0.504 e. The number of benzene rings is 1. The van der Waals surface area contributed by atoms with E-state index in [0.29, 0.717) is 30.7 Å². The van der Waals surface area contributed by atoms with E-state index in [4.69, 9.17) is 9.15 Å². The predicted octanol–water partition coefficient (Wildman–Crippen LogP) is 1.29. The zero-order chi connectivity index (χ0) is 16.4. The summed E-state index contributed by atoms with van der Waals surface area (Å²) in [5, 5.41) is 13.4. The van der Waals surface area contributed by atoms with Gasteiger partial charge in [0.2, 0.25) is 5.91 Å². The summed E-state index contributed by atoms with van der Waals surface area (Å²) in [7, 11) is 0. The predicted molar refractivity (Wildman–Crippen MR) is 84.5 cm³/mol. The molecule has 2 N–H and O–H groups in total. The first-order valence-electron chi connectivity index (χ1n) is 7.41. The Labute approximate surface area is 132 Å². The number of anilines is 1. The summed E-state index contributed by atoms with van der Waals surface area (Å²) in [4.78, 5) is 25.2. The molecule has 2 aromatic rings. The lowest BCUT2D eigenvalue weighted by molar-refractivity contribution is -0.114. The van der Waals surface area contributed by atoms with Gasteiger partial charge < -0.3 is 19.6 Å². The van der Waals surface area contributed by atoms with E-state index in [9.17, 15) is 14.7 Å². The fraction of sp³-hybridized carbons (Fsp3) is 0.375. The Balaban J connectivity index is 1.95. The summed E-state index contributed by atoms with van der Waals surface area (Å²) in [6.07, 6.45) is 0. The van der Waals surface area contributed by atoms with Gasteiger partial charge in [-0.1, -0.05) is 12.1 Å². The molecule has 122 valence electrons. The van der Waals surface area contributed by atoms with Crippen molar-refractivity contribution < 1.29 is 19.1 Å². The summed E-state index contributed by atoms with van der Waals surface area (Å²) in [6.45, 7) is 4.80. The third-order valence-electron chi connectivity index (χ3n) is 3.77. The van der Waals surface area contributed by atoms with Crippen LogP contribution in [0.1, 0.15) is 12.5 Å². The number of hydrogen-bond donors (Lipinski definition) is 2. The molecule has 7 nitrogen and oxygen atoms in total. The van der Waals surface area contributed by atoms with Gasteiger partial charge in [-0.3, -0.25) is 9.69 Å². The zero-order valence-corrected chi connectivity index (χ0v) is 12.8. The molecule has 7 heteroatoms. The molecular weight excluding hydrogens is 300 g/mol. The number of aromatic hydroxyl groups is 1. The molecule has 0 atom stereocenters. The average Bonchev–Trinajstić information content (AvgIpc) is 2.52. The van der Waals surface area contributed by atoms with Crippen molar-refractivity contribution in [1.29, 1.82) is 0 Å². The number of carbonyl (C=O) groups excluding carboxylic acids is 1. The smallest absolute Gasteiger partial charge is 0.360 e. The van der Waals surface area contributed by atoms with Gasteiger partial charge >= 0.3 is 5.63 Å². The monoisotopic (exact) mass is 318 g/mol. The first kappa shape index (κ1) is 15.5. The summed E-state index contributed by atoms with van der Waals surface area (Å²) in [5.74, 6) is -0.398. The van der Waals surface area contributed by atoms with Crippen LogP contribution in [0.5, 0.6) is 5.75 Å². The molecule has 1 saturated heterocycles. The van der Waals surface area contributed by atoms with Crippen LogP contribution in [-0.4, -0.2) is 42.2 Å². The van der Waals surface area contributed by atoms with Crippen LogP contribution in [0.3, 0.4) is 0 Å². The van der Waals surface area contributed by atoms with Crippen molar-refractivity contribution in [2.24, 2.45) is 0 Å². The van der Waals surface area contributed by atoms with Crippen molar-refractivity contribution in [2.75, 3.05) is 31.6 Å². The molecule has 0 bridgehead atoms. The number of phenols is 1. The van der Waals surface area contributed by atoms with Gasteiger partial charge in [0.15, 0.2) is 11.3 Å². The highest BCUT2D eigenvalue weighted by atomic mass is 16.5. The second kappa shape index (κ2) is 6.39. The molecule has 0 spiro atoms. The highest BCUT2D eigenvalue weighted by Crippen LogP contribution is 2.30. The van der Waals surface area contributed by atoms with Crippen molar-refractivity contribution in [3.8, 4) is 5.75 Å². The highest BCUT2D eigenvalue weighted by Gasteiger charge is 2.16. The number of fused-ring (bicyclic) bond motifs is 1. The largest absolute Gasteiger partial charge is 0.504 e. The molecule has 3 rings (SSSR count). The second-order valence-electron chi connectivity index (χ2n) is 5.51. The number of nitrogens with zero attached hydrogens (tertiary/aromatic N) is 1. The maximum absolute atomic E-state index is 11.9. The minimum atomic E-state index is -0.688. The topological polar surface area (TPSA) is 92.0 Å². The van der Waals surface area contributed by atoms with Crippen molar-refractivity contribution in [3.05, 3.63) is 34.2 Å². The number of ether oxygens (including phenoxy) is 1. The van der Waals surface area contributed by atoms with Crippen LogP contribution in [0.25, 0.3) is 11.0 Å². The number of amides is 1. The Morgan fingerprint density at radius 1 is 1.35 bits per heavy atom. The first-order chi connectivity index (χ1) is 11.0. The van der Waals surface area contributed by atoms with Crippen LogP contribution < -0.4 is 10.9 Å². The third-order valence-corrected chi connectivity index (χ3v) is 3.77. The fourth-order valence-electron chi connectivity index (χ4n) is 2.62. The van der Waals surface area contributed by atoms with Crippen LogP contribution >= 0.6 is 0 Å². The Kier molecular flexibility index (Phi) is 4.31. The normalized spacial score (nSPS) is 15.7. The Hall–Kier alpha value is -2.38. The Bertz CT molecular complexity index is 793. The standard InChI is InChI=1S/C16H18N2O5/c1-10(19)17-13-8-11-2-3-12(9-18-4-6-22-7-5-18)14(20)15(11)23-16(13)21/h2-3,8,20H,4-7,9H2,1H3,(H,17,19). The molecule has 2 heterocycles. The van der Waals surface area contributed by atoms with Crippen molar-refractivity contribution in [2.45, 2.75) is 13.5 Å². The molecule has 1 aliphatic rings. The van der Waals surface area contributed by atoms with Crippen LogP contribution in [0.2, 0.25) is 0 Å². The Morgan fingerprint density at radius 3 is 2.78 bits per heavy atom. The number of nitrogens with one attached hydrogen (secondary N) is 1. The third kappa shape index (κ3) is 3.35. The molecule has 0 unspecified atom stereocenters. The molecule has 1 aromatic carbocycles. The fourth-order valence-corrected chi connectivity index (χ4v) is 2.62. The van der Waals surface area contributed by atoms with Crippen LogP contribution in [0.15, 0.2) is 27.4 Å². The van der Waals surface area contributed by atoms with E-state index in [2.05, 4.69) is 10.2 Å². The van der Waals surface area contributed by atoms with Crippen LogP contribution in [-0.2, 0) is 16.1 Å². The van der Waals surface area contributed by atoms with Gasteiger partial charge in [-0.15, -0.1) is 0 Å². The highest BCUT2D eigenvalue weighted by molar-refractivity contribution is 5.92. The van der Waals surface area contributed by atoms with Gasteiger partial charge in [0, 0.05) is 37.5 Å². The number of morpholine rings is 1. The lowest BCUT2D eigenvalue weighted by atomic mass is 10.1. The summed E-state index contributed by atoms with van der Waals surface area (Å²) in [6, 6.07) is 5.06. The van der Waals surface area contributed by atoms with Gasteiger partial charge in [0.1, 0.15) is 5.69 Å². The first-order valence-corrected chi connectivity index (χ1v) is 7.41. The minimum absolute atomic E-state index is 0.0412. The van der Waals surface area contributed by atoms with E-state index in [-0.39, 0.29) is 22.9 Å². The van der Waals surface area contributed by atoms with Crippen molar-refractivity contribution >= 4 is 22.6 Å². The van der Waals surface area contributed by atoms with E-state index >= 15 is 0 Å². The molecule has 1 aromatic heterocycles. The molecule has 0 radical (unpaired) electrons. The van der Waals surface area contributed by atoms with E-state index in [1.165, 1.54) is 13.0 Å². The zero-order valence-electron chi connectivity index (χ0n) is 12.8. The van der Waals surface area contributed by atoms with Crippen molar-refractivity contribution in [1.82, 2.24) is 4.90 Å². The molecule has 1 amide bonds. The molecule has 23 heavy (non-hydrogen) atoms. The molecule has 0 saturated carbocycles. The van der Waals surface area contributed by atoms with Crippen LogP contribution in [0, 0.1) is 0 Å². The van der Waals surface area contributed by atoms with E-state index < -0.39 is 5.63 Å². The maximum atomic E-state index is 11.9. The van der Waals surface area contributed by atoms with Crippen molar-refractivity contribution in [3.63, 3.8) is 0 Å². The van der Waals surface area contributed by atoms with Gasteiger partial charge in [-0.05, 0) is 6.07 Å². The molecular formula is C16H18N2O5. The lowest BCUT2D eigenvalue weighted by Crippen LogP contribution is -2.35. The number of phenolic OH excluding ortho intramolecular Hbond substituents is 1. The lowest BCUT2D eigenvalue weighted by Gasteiger charge is -2.26. The summed E-state index contributed by atoms with van der Waals surface area (Å²) < 4.78 is 10.5. The molecule has 1 fully saturated rings. The second-order valence-corrected chi connectivity index (χ2v) is 5.51. The van der Waals surface area contributed by atoms with E-state index in [1.54, 1.807) is 12.1 Å². The number of rotatable bonds is 3. The summed E-state index contributed by atoms with van der Waals surface area (Å²) in [5.41, 5.74) is 0.196. The Morgan fingerprint density at radius 2 is 2.09 bits per heavy atom. The van der Waals surface area contributed by atoms with Gasteiger partial charge in [0.25, 0.3) is 0 Å². The van der Waals surface area contributed by atoms with Gasteiger partial charge in [0.05, 0.1) is 13.2 Å². The quantitative estimate of drug-likeness (QED) is 0.829. The molecule has 0 aliphatic carbocycles. The van der Waals surface area contributed by atoms with E-state index in [1.807, 2.05) is 0 Å². The SMILES string of the molecule is CC(=O)Nc1cc2ccc(CN3CCOCC3)c(O)c2oc1=O. The van der Waals surface area contributed by atoms with Crippen LogP contribution in [0.4, 0.5) is 5.69 Å². The van der Waals surface area contributed by atoms with E-state index in [0.717, 1.165) is 13.1 Å². The summed E-state index contributed by atoms with van der Waals surface area (Å²) >= 11 is 0. The van der Waals surface area contributed by atoms with Gasteiger partial charge in [-0.2, -0.15) is 0 Å².